The Bertz CT molecular complexity index is 386. The van der Waals surface area contributed by atoms with Crippen molar-refractivity contribution in [2.45, 2.75) is 6.43 Å². The van der Waals surface area contributed by atoms with Gasteiger partial charge in [0.15, 0.2) is 0 Å². The summed E-state index contributed by atoms with van der Waals surface area (Å²) in [4.78, 5) is 12.4. The van der Waals surface area contributed by atoms with Crippen molar-refractivity contribution in [1.29, 1.82) is 0 Å². The number of anilines is 1. The quantitative estimate of drug-likeness (QED) is 0.615. The van der Waals surface area contributed by atoms with E-state index < -0.39 is 22.7 Å². The monoisotopic (exact) mass is 223 g/mol. The van der Waals surface area contributed by atoms with Gasteiger partial charge in [0.25, 0.3) is 12.2 Å². The summed E-state index contributed by atoms with van der Waals surface area (Å²) in [5.41, 5.74) is 4.30. The molecule has 0 aliphatic carbocycles. The second-order valence-electron chi connectivity index (χ2n) is 2.33. The highest BCUT2D eigenvalue weighted by atomic mass is 35.5. The average Bonchev–Trinajstić information content (AvgIpc) is 2.08. The molecule has 0 unspecified atom stereocenters. The van der Waals surface area contributed by atoms with Gasteiger partial charge in [-0.2, -0.15) is 0 Å². The maximum atomic E-state index is 12.3. The lowest BCUT2D eigenvalue weighted by molar-refractivity contribution is -0.390. The number of nitro groups is 1. The van der Waals surface area contributed by atoms with Crippen LogP contribution in [0.5, 0.6) is 0 Å². The van der Waals surface area contributed by atoms with Crippen LogP contribution in [0, 0.1) is 10.1 Å². The Kier molecular flexibility index (Phi) is 2.80. The van der Waals surface area contributed by atoms with E-state index in [2.05, 4.69) is 4.98 Å². The molecule has 0 spiro atoms. The molecule has 0 atom stereocenters. The van der Waals surface area contributed by atoms with E-state index in [1.54, 1.807) is 0 Å². The molecule has 8 heteroatoms. The van der Waals surface area contributed by atoms with Gasteiger partial charge in [-0.1, -0.05) is 11.6 Å². The minimum Gasteiger partial charge on any atom is -0.362 e. The number of alkyl halides is 2. The van der Waals surface area contributed by atoms with E-state index in [0.717, 1.165) is 6.07 Å². The molecule has 0 aromatic carbocycles. The normalized spacial score (nSPS) is 10.6. The lowest BCUT2D eigenvalue weighted by atomic mass is 10.2. The van der Waals surface area contributed by atoms with Crippen molar-refractivity contribution in [2.75, 3.05) is 5.73 Å². The van der Waals surface area contributed by atoms with Gasteiger partial charge in [0, 0.05) is 0 Å². The fourth-order valence-electron chi connectivity index (χ4n) is 0.814. The second kappa shape index (κ2) is 3.70. The lowest BCUT2D eigenvalue weighted by Gasteiger charge is -2.02. The number of aromatic nitrogens is 1. The van der Waals surface area contributed by atoms with Crippen LogP contribution >= 0.6 is 11.6 Å². The Morgan fingerprint density at radius 2 is 2.21 bits per heavy atom. The van der Waals surface area contributed by atoms with Crippen LogP contribution in [0.15, 0.2) is 6.07 Å². The molecule has 2 N–H and O–H groups in total. The summed E-state index contributed by atoms with van der Waals surface area (Å²) in [6.45, 7) is 0. The molecule has 0 amide bonds. The van der Waals surface area contributed by atoms with E-state index in [4.69, 9.17) is 17.3 Å². The summed E-state index contributed by atoms with van der Waals surface area (Å²) < 4.78 is 24.5. The molecule has 14 heavy (non-hydrogen) atoms. The molecule has 0 aliphatic rings. The zero-order valence-corrected chi connectivity index (χ0v) is 7.33. The van der Waals surface area contributed by atoms with Gasteiger partial charge in [-0.25, -0.2) is 8.78 Å². The smallest absolute Gasteiger partial charge is 0.362 e. The highest BCUT2D eigenvalue weighted by Crippen LogP contribution is 2.31. The van der Waals surface area contributed by atoms with Crippen LogP contribution in [0.4, 0.5) is 20.4 Å². The maximum absolute atomic E-state index is 12.3. The predicted molar refractivity (Wildman–Crippen MR) is 45.3 cm³/mol. The van der Waals surface area contributed by atoms with E-state index in [0.29, 0.717) is 0 Å². The second-order valence-corrected chi connectivity index (χ2v) is 2.73. The molecule has 76 valence electrons. The number of nitrogens with two attached hydrogens (primary N) is 1. The molecule has 0 aliphatic heterocycles. The van der Waals surface area contributed by atoms with Crippen LogP contribution in [0.2, 0.25) is 5.02 Å². The Balaban J connectivity index is 3.39. The van der Waals surface area contributed by atoms with E-state index in [1.807, 2.05) is 0 Å². The molecule has 1 heterocycles. The van der Waals surface area contributed by atoms with E-state index in [1.165, 1.54) is 0 Å². The highest BCUT2D eigenvalue weighted by Gasteiger charge is 2.25. The zero-order valence-electron chi connectivity index (χ0n) is 6.58. The first-order chi connectivity index (χ1) is 6.43. The van der Waals surface area contributed by atoms with E-state index in [9.17, 15) is 18.9 Å². The fraction of sp³-hybridized carbons (Fsp3) is 0.167. The molecule has 0 saturated heterocycles. The summed E-state index contributed by atoms with van der Waals surface area (Å²) in [6, 6.07) is 0.743. The topological polar surface area (TPSA) is 82.0 Å². The van der Waals surface area contributed by atoms with Crippen molar-refractivity contribution < 1.29 is 13.7 Å². The number of rotatable bonds is 2. The van der Waals surface area contributed by atoms with Gasteiger partial charge in [0.1, 0.15) is 10.6 Å². The lowest BCUT2D eigenvalue weighted by Crippen LogP contribution is -2.02. The van der Waals surface area contributed by atoms with Crippen LogP contribution in [0.25, 0.3) is 0 Å². The largest absolute Gasteiger partial charge is 0.374 e. The number of hydrogen-bond acceptors (Lipinski definition) is 4. The fourth-order valence-corrected chi connectivity index (χ4v) is 0.974. The van der Waals surface area contributed by atoms with Gasteiger partial charge >= 0.3 is 5.82 Å². The Morgan fingerprint density at radius 1 is 1.64 bits per heavy atom. The SMILES string of the molecule is Nc1nc([N+](=O)[O-])c(C(F)F)cc1Cl. The molecular weight excluding hydrogens is 220 g/mol. The molecule has 0 fully saturated rings. The molecule has 5 nitrogen and oxygen atoms in total. The predicted octanol–water partition coefficient (Wildman–Crippen LogP) is 2.16. The van der Waals surface area contributed by atoms with Gasteiger partial charge in [0.2, 0.25) is 0 Å². The zero-order chi connectivity index (χ0) is 10.9. The van der Waals surface area contributed by atoms with E-state index >= 15 is 0 Å². The number of pyridine rings is 1. The van der Waals surface area contributed by atoms with Gasteiger partial charge in [0.05, 0.1) is 0 Å². The van der Waals surface area contributed by atoms with Crippen molar-refractivity contribution in [3.05, 3.63) is 26.8 Å². The van der Waals surface area contributed by atoms with Gasteiger partial charge in [-0.05, 0) is 16.0 Å². The van der Waals surface area contributed by atoms with Gasteiger partial charge in [-0.3, -0.25) is 0 Å². The van der Waals surface area contributed by atoms with Gasteiger partial charge in [-0.15, -0.1) is 0 Å². The Labute approximate surface area is 81.6 Å². The first kappa shape index (κ1) is 10.6. The molecule has 1 aromatic rings. The van der Waals surface area contributed by atoms with Crippen molar-refractivity contribution >= 4 is 23.2 Å². The summed E-state index contributed by atoms with van der Waals surface area (Å²) in [7, 11) is 0. The van der Waals surface area contributed by atoms with Crippen LogP contribution in [0.3, 0.4) is 0 Å². The molecule has 0 saturated carbocycles. The first-order valence-electron chi connectivity index (χ1n) is 3.32. The number of halogens is 3. The highest BCUT2D eigenvalue weighted by molar-refractivity contribution is 6.32. The molecular formula is C6H4ClF2N3O2. The van der Waals surface area contributed by atoms with Crippen LogP contribution in [-0.2, 0) is 0 Å². The number of hydrogen-bond donors (Lipinski definition) is 1. The van der Waals surface area contributed by atoms with E-state index in [-0.39, 0.29) is 10.8 Å². The summed E-state index contributed by atoms with van der Waals surface area (Å²) in [5.74, 6) is -1.32. The molecule has 1 aromatic heterocycles. The third-order valence-corrected chi connectivity index (χ3v) is 1.72. The van der Waals surface area contributed by atoms with Crippen molar-refractivity contribution in [1.82, 2.24) is 4.98 Å². The molecule has 1 rings (SSSR count). The Hall–Kier alpha value is -1.50. The molecule has 0 radical (unpaired) electrons. The third kappa shape index (κ3) is 1.87. The van der Waals surface area contributed by atoms with Gasteiger partial charge < -0.3 is 15.8 Å². The average molecular weight is 224 g/mol. The van der Waals surface area contributed by atoms with Crippen molar-refractivity contribution in [3.63, 3.8) is 0 Å². The first-order valence-corrected chi connectivity index (χ1v) is 3.69. The summed E-state index contributed by atoms with van der Waals surface area (Å²) in [6.07, 6.45) is -3.01. The standard InChI is InChI=1S/C6H4ClF2N3O2/c7-3-1-2(4(8)9)6(12(13)14)11-5(3)10/h1,4H,(H2,10,11). The summed E-state index contributed by atoms with van der Waals surface area (Å²) in [5, 5.41) is 10.1. The van der Waals surface area contributed by atoms with Crippen LogP contribution in [0.1, 0.15) is 12.0 Å². The minimum absolute atomic E-state index is 0.231. The number of nitrogens with zero attached hydrogens (tertiary/aromatic N) is 2. The van der Waals surface area contributed by atoms with Crippen LogP contribution in [-0.4, -0.2) is 9.91 Å². The Morgan fingerprint density at radius 3 is 2.64 bits per heavy atom. The maximum Gasteiger partial charge on any atom is 0.374 e. The third-order valence-electron chi connectivity index (χ3n) is 1.42. The minimum atomic E-state index is -3.01. The summed E-state index contributed by atoms with van der Waals surface area (Å²) >= 11 is 5.39. The van der Waals surface area contributed by atoms with Crippen molar-refractivity contribution in [2.24, 2.45) is 0 Å². The van der Waals surface area contributed by atoms with Crippen LogP contribution < -0.4 is 5.73 Å². The molecule has 0 bridgehead atoms. The van der Waals surface area contributed by atoms with Crippen molar-refractivity contribution in [3.8, 4) is 0 Å². The number of nitrogen functional groups attached to an aromatic ring is 1.